The van der Waals surface area contributed by atoms with Crippen molar-refractivity contribution in [1.82, 2.24) is 9.38 Å². The van der Waals surface area contributed by atoms with E-state index in [0.717, 1.165) is 34.8 Å². The molecule has 2 N–H and O–H groups in total. The van der Waals surface area contributed by atoms with Gasteiger partial charge in [0, 0.05) is 12.6 Å². The number of para-hydroxylation sites is 1. The first kappa shape index (κ1) is 13.6. The first-order valence-electron chi connectivity index (χ1n) is 7.13. The lowest BCUT2D eigenvalue weighted by atomic mass is 10.2. The Bertz CT molecular complexity index is 749. The van der Waals surface area contributed by atoms with Crippen LogP contribution in [0.3, 0.4) is 0 Å². The number of nitrogens with two attached hydrogens (primary N) is 1. The Kier molecular flexibility index (Phi) is 3.88. The number of hydrogen-bond acceptors (Lipinski definition) is 3. The van der Waals surface area contributed by atoms with Crippen LogP contribution in [0.4, 0.5) is 0 Å². The van der Waals surface area contributed by atoms with E-state index < -0.39 is 0 Å². The quantitative estimate of drug-likeness (QED) is 0.782. The molecule has 4 nitrogen and oxygen atoms in total. The normalized spacial score (nSPS) is 11.0. The minimum absolute atomic E-state index is 0.445. The maximum absolute atomic E-state index is 5.91. The molecule has 108 valence electrons. The molecule has 0 spiro atoms. The fourth-order valence-corrected chi connectivity index (χ4v) is 2.45. The number of aryl methyl sites for hydroxylation is 1. The topological polar surface area (TPSA) is 52.5 Å². The molecular formula is C17H19N3O. The summed E-state index contributed by atoms with van der Waals surface area (Å²) in [6, 6.07) is 14.1. The number of nitrogens with zero attached hydrogens (tertiary/aromatic N) is 2. The minimum atomic E-state index is 0.445. The lowest BCUT2D eigenvalue weighted by molar-refractivity contribution is 0.293. The summed E-state index contributed by atoms with van der Waals surface area (Å²) >= 11 is 0. The smallest absolute Gasteiger partial charge is 0.151 e. The fraction of sp³-hybridized carbons (Fsp3) is 0.235. The third-order valence-electron chi connectivity index (χ3n) is 3.53. The number of imidazole rings is 1. The van der Waals surface area contributed by atoms with Crippen molar-refractivity contribution in [2.24, 2.45) is 5.73 Å². The zero-order chi connectivity index (χ0) is 14.7. The van der Waals surface area contributed by atoms with Crippen molar-refractivity contribution in [3.8, 4) is 5.75 Å². The van der Waals surface area contributed by atoms with Crippen LogP contribution < -0.4 is 10.5 Å². The van der Waals surface area contributed by atoms with E-state index in [1.165, 1.54) is 0 Å². The highest BCUT2D eigenvalue weighted by Crippen LogP contribution is 2.19. The van der Waals surface area contributed by atoms with Crippen LogP contribution in [-0.4, -0.2) is 15.9 Å². The van der Waals surface area contributed by atoms with E-state index >= 15 is 0 Å². The number of rotatable bonds is 5. The van der Waals surface area contributed by atoms with Gasteiger partial charge in [0.25, 0.3) is 0 Å². The molecule has 0 aliphatic rings. The van der Waals surface area contributed by atoms with Gasteiger partial charge in [-0.25, -0.2) is 4.98 Å². The fourth-order valence-electron chi connectivity index (χ4n) is 2.45. The van der Waals surface area contributed by atoms with Crippen LogP contribution in [0.15, 0.2) is 48.7 Å². The molecular weight excluding hydrogens is 262 g/mol. The molecule has 0 radical (unpaired) electrons. The van der Waals surface area contributed by atoms with Crippen molar-refractivity contribution >= 4 is 5.52 Å². The molecule has 3 rings (SSSR count). The summed E-state index contributed by atoms with van der Waals surface area (Å²) in [4.78, 5) is 4.68. The molecule has 2 aromatic heterocycles. The zero-order valence-electron chi connectivity index (χ0n) is 12.1. The van der Waals surface area contributed by atoms with Crippen molar-refractivity contribution in [2.45, 2.75) is 20.0 Å². The van der Waals surface area contributed by atoms with Crippen molar-refractivity contribution in [3.05, 3.63) is 65.7 Å². The third-order valence-corrected chi connectivity index (χ3v) is 3.53. The van der Waals surface area contributed by atoms with Crippen LogP contribution in [-0.2, 0) is 13.0 Å². The second kappa shape index (κ2) is 5.97. The van der Waals surface area contributed by atoms with E-state index in [1.807, 2.05) is 49.5 Å². The maximum atomic E-state index is 5.91. The van der Waals surface area contributed by atoms with Gasteiger partial charge >= 0.3 is 0 Å². The van der Waals surface area contributed by atoms with Crippen LogP contribution in [0.25, 0.3) is 5.52 Å². The van der Waals surface area contributed by atoms with Gasteiger partial charge in [-0.15, -0.1) is 0 Å². The number of fused-ring (bicyclic) bond motifs is 1. The summed E-state index contributed by atoms with van der Waals surface area (Å²) < 4.78 is 7.98. The summed E-state index contributed by atoms with van der Waals surface area (Å²) in [6.07, 6.45) is 2.79. The van der Waals surface area contributed by atoms with Crippen LogP contribution in [0, 0.1) is 6.92 Å². The average Bonchev–Trinajstić information content (AvgIpc) is 2.85. The summed E-state index contributed by atoms with van der Waals surface area (Å²) in [7, 11) is 0. The first-order chi connectivity index (χ1) is 10.3. The molecule has 0 fully saturated rings. The van der Waals surface area contributed by atoms with Crippen LogP contribution in [0.5, 0.6) is 5.75 Å². The molecule has 0 saturated heterocycles. The Hall–Kier alpha value is -2.33. The highest BCUT2D eigenvalue weighted by atomic mass is 16.5. The summed E-state index contributed by atoms with van der Waals surface area (Å²) in [5.41, 5.74) is 8.92. The minimum Gasteiger partial charge on any atom is -0.485 e. The Morgan fingerprint density at radius 2 is 1.95 bits per heavy atom. The van der Waals surface area contributed by atoms with Crippen LogP contribution in [0.1, 0.15) is 17.1 Å². The molecule has 0 bridgehead atoms. The monoisotopic (exact) mass is 281 g/mol. The molecule has 21 heavy (non-hydrogen) atoms. The zero-order valence-corrected chi connectivity index (χ0v) is 12.1. The van der Waals surface area contributed by atoms with E-state index in [1.54, 1.807) is 0 Å². The molecule has 0 amide bonds. The summed E-state index contributed by atoms with van der Waals surface area (Å²) in [5, 5.41) is 0. The molecule has 0 aliphatic carbocycles. The van der Waals surface area contributed by atoms with Crippen molar-refractivity contribution in [1.29, 1.82) is 0 Å². The lowest BCUT2D eigenvalue weighted by Crippen LogP contribution is -2.04. The largest absolute Gasteiger partial charge is 0.485 e. The van der Waals surface area contributed by atoms with Crippen molar-refractivity contribution in [2.75, 3.05) is 6.54 Å². The predicted molar refractivity (Wildman–Crippen MR) is 83.5 cm³/mol. The number of benzene rings is 1. The summed E-state index contributed by atoms with van der Waals surface area (Å²) in [5.74, 6) is 1.79. The SMILES string of the molecule is Cc1ccccc1OCc1nc(CCN)c2ccccn12. The highest BCUT2D eigenvalue weighted by Gasteiger charge is 2.10. The van der Waals surface area contributed by atoms with E-state index in [9.17, 15) is 0 Å². The van der Waals surface area contributed by atoms with Gasteiger partial charge in [0.05, 0.1) is 11.2 Å². The first-order valence-corrected chi connectivity index (χ1v) is 7.13. The number of aromatic nitrogens is 2. The molecule has 4 heteroatoms. The maximum Gasteiger partial charge on any atom is 0.151 e. The number of pyridine rings is 1. The van der Waals surface area contributed by atoms with E-state index in [0.29, 0.717) is 13.2 Å². The molecule has 0 aliphatic heterocycles. The van der Waals surface area contributed by atoms with Gasteiger partial charge in [0.15, 0.2) is 5.82 Å². The van der Waals surface area contributed by atoms with E-state index in [2.05, 4.69) is 15.5 Å². The molecule has 0 saturated carbocycles. The Labute approximate surface area is 124 Å². The molecule has 2 heterocycles. The van der Waals surface area contributed by atoms with Gasteiger partial charge in [-0.2, -0.15) is 0 Å². The van der Waals surface area contributed by atoms with Gasteiger partial charge in [0.2, 0.25) is 0 Å². The van der Waals surface area contributed by atoms with E-state index in [-0.39, 0.29) is 0 Å². The number of hydrogen-bond donors (Lipinski definition) is 1. The Balaban J connectivity index is 1.89. The van der Waals surface area contributed by atoms with Crippen LogP contribution in [0.2, 0.25) is 0 Å². The Morgan fingerprint density at radius 3 is 2.76 bits per heavy atom. The van der Waals surface area contributed by atoms with Crippen molar-refractivity contribution < 1.29 is 4.74 Å². The van der Waals surface area contributed by atoms with Gasteiger partial charge in [0.1, 0.15) is 12.4 Å². The van der Waals surface area contributed by atoms with E-state index in [4.69, 9.17) is 10.5 Å². The van der Waals surface area contributed by atoms with Gasteiger partial charge < -0.3 is 14.9 Å². The van der Waals surface area contributed by atoms with Gasteiger partial charge in [-0.3, -0.25) is 0 Å². The van der Waals surface area contributed by atoms with Gasteiger partial charge in [-0.05, 0) is 37.2 Å². The summed E-state index contributed by atoms with van der Waals surface area (Å²) in [6.45, 7) is 3.08. The molecule has 0 unspecified atom stereocenters. The highest BCUT2D eigenvalue weighted by molar-refractivity contribution is 5.53. The number of ether oxygens (including phenoxy) is 1. The molecule has 3 aromatic rings. The predicted octanol–water partition coefficient (Wildman–Crippen LogP) is 2.72. The van der Waals surface area contributed by atoms with Gasteiger partial charge in [-0.1, -0.05) is 24.3 Å². The standard InChI is InChI=1S/C17H19N3O/c1-13-6-2-3-8-16(13)21-12-17-19-14(9-10-18)15-7-4-5-11-20(15)17/h2-8,11H,9-10,12,18H2,1H3. The van der Waals surface area contributed by atoms with Crippen LogP contribution >= 0.6 is 0 Å². The van der Waals surface area contributed by atoms with Crippen molar-refractivity contribution in [3.63, 3.8) is 0 Å². The molecule has 0 atom stereocenters. The third kappa shape index (κ3) is 2.76. The lowest BCUT2D eigenvalue weighted by Gasteiger charge is -2.08. The second-order valence-electron chi connectivity index (χ2n) is 5.02. The molecule has 1 aromatic carbocycles. The second-order valence-corrected chi connectivity index (χ2v) is 5.02. The average molecular weight is 281 g/mol. The Morgan fingerprint density at radius 1 is 1.14 bits per heavy atom.